The van der Waals surface area contributed by atoms with Crippen LogP contribution in [-0.4, -0.2) is 29.5 Å². The van der Waals surface area contributed by atoms with Crippen LogP contribution >= 0.6 is 0 Å². The Bertz CT molecular complexity index is 312. The summed E-state index contributed by atoms with van der Waals surface area (Å²) in [6.07, 6.45) is 7.40. The van der Waals surface area contributed by atoms with Crippen molar-refractivity contribution in [2.75, 3.05) is 19.8 Å². The Labute approximate surface area is 111 Å². The Morgan fingerprint density at radius 3 is 2.78 bits per heavy atom. The lowest BCUT2D eigenvalue weighted by Gasteiger charge is -2.17. The average molecular weight is 253 g/mol. The molecule has 0 amide bonds. The molecule has 0 saturated heterocycles. The first-order valence-corrected chi connectivity index (χ1v) is 7.15. The number of aromatic nitrogens is 2. The van der Waals surface area contributed by atoms with Gasteiger partial charge in [0.1, 0.15) is 0 Å². The van der Waals surface area contributed by atoms with Gasteiger partial charge in [-0.3, -0.25) is 4.68 Å². The maximum absolute atomic E-state index is 5.67. The highest BCUT2D eigenvalue weighted by molar-refractivity contribution is 5.10. The maximum Gasteiger partial charge on any atom is 0.0662 e. The fourth-order valence-electron chi connectivity index (χ4n) is 1.85. The van der Waals surface area contributed by atoms with Gasteiger partial charge in [0, 0.05) is 24.9 Å². The second-order valence-corrected chi connectivity index (χ2v) is 4.62. The second-order valence-electron chi connectivity index (χ2n) is 4.62. The van der Waals surface area contributed by atoms with Gasteiger partial charge in [0.15, 0.2) is 0 Å². The first-order chi connectivity index (χ1) is 8.81. The van der Waals surface area contributed by atoms with Crippen LogP contribution in [0.4, 0.5) is 0 Å². The van der Waals surface area contributed by atoms with E-state index in [0.717, 1.165) is 45.6 Å². The summed E-state index contributed by atoms with van der Waals surface area (Å²) in [4.78, 5) is 0. The molecule has 1 heterocycles. The topological polar surface area (TPSA) is 39.1 Å². The maximum atomic E-state index is 5.67. The molecule has 4 heteroatoms. The third-order valence-electron chi connectivity index (χ3n) is 2.78. The van der Waals surface area contributed by atoms with E-state index in [1.165, 1.54) is 5.56 Å². The summed E-state index contributed by atoms with van der Waals surface area (Å²) in [5, 5.41) is 7.91. The highest BCUT2D eigenvalue weighted by Crippen LogP contribution is 2.13. The van der Waals surface area contributed by atoms with Crippen molar-refractivity contribution in [3.8, 4) is 0 Å². The summed E-state index contributed by atoms with van der Waals surface area (Å²) in [5.41, 5.74) is 1.23. The summed E-state index contributed by atoms with van der Waals surface area (Å²) in [6.45, 7) is 10.0. The van der Waals surface area contributed by atoms with Gasteiger partial charge in [-0.15, -0.1) is 0 Å². The predicted molar refractivity (Wildman–Crippen MR) is 74.7 cm³/mol. The fraction of sp³-hybridized carbons (Fsp3) is 0.786. The molecular formula is C14H27N3O. The van der Waals surface area contributed by atoms with E-state index in [1.807, 2.05) is 10.9 Å². The van der Waals surface area contributed by atoms with E-state index >= 15 is 0 Å². The lowest BCUT2D eigenvalue weighted by molar-refractivity contribution is 0.112. The molecule has 0 saturated carbocycles. The lowest BCUT2D eigenvalue weighted by atomic mass is 10.1. The minimum atomic E-state index is 0.266. The minimum absolute atomic E-state index is 0.266. The van der Waals surface area contributed by atoms with Crippen molar-refractivity contribution in [2.45, 2.75) is 52.6 Å². The van der Waals surface area contributed by atoms with Gasteiger partial charge < -0.3 is 10.1 Å². The van der Waals surface area contributed by atoms with Crippen LogP contribution in [0.5, 0.6) is 0 Å². The fourth-order valence-corrected chi connectivity index (χ4v) is 1.85. The summed E-state index contributed by atoms with van der Waals surface area (Å²) < 4.78 is 7.68. The summed E-state index contributed by atoms with van der Waals surface area (Å²) in [5.74, 6) is 0. The number of aryl methyl sites for hydroxylation is 1. The van der Waals surface area contributed by atoms with Crippen LogP contribution in [0, 0.1) is 0 Å². The number of hydrogen-bond acceptors (Lipinski definition) is 3. The minimum Gasteiger partial charge on any atom is -0.379 e. The van der Waals surface area contributed by atoms with Crippen LogP contribution in [0.3, 0.4) is 0 Å². The zero-order valence-corrected chi connectivity index (χ0v) is 12.0. The van der Waals surface area contributed by atoms with E-state index in [9.17, 15) is 0 Å². The molecule has 0 aromatic carbocycles. The van der Waals surface area contributed by atoms with Crippen molar-refractivity contribution in [2.24, 2.45) is 0 Å². The number of ether oxygens (including phenoxy) is 1. The number of hydrogen-bond donors (Lipinski definition) is 1. The molecule has 4 nitrogen and oxygen atoms in total. The normalized spacial score (nSPS) is 12.8. The van der Waals surface area contributed by atoms with Gasteiger partial charge in [-0.2, -0.15) is 5.10 Å². The van der Waals surface area contributed by atoms with Crippen LogP contribution in [-0.2, 0) is 11.3 Å². The molecule has 0 spiro atoms. The smallest absolute Gasteiger partial charge is 0.0662 e. The van der Waals surface area contributed by atoms with Gasteiger partial charge in [-0.05, 0) is 25.8 Å². The van der Waals surface area contributed by atoms with Gasteiger partial charge in [-0.1, -0.05) is 20.8 Å². The Balaban J connectivity index is 2.55. The number of rotatable bonds is 10. The Morgan fingerprint density at radius 2 is 2.11 bits per heavy atom. The monoisotopic (exact) mass is 253 g/mol. The highest BCUT2D eigenvalue weighted by atomic mass is 16.5. The van der Waals surface area contributed by atoms with Crippen LogP contribution in [0.1, 0.15) is 51.6 Å². The predicted octanol–water partition coefficient (Wildman–Crippen LogP) is 2.76. The first kappa shape index (κ1) is 15.2. The third-order valence-corrected chi connectivity index (χ3v) is 2.78. The average Bonchev–Trinajstić information content (AvgIpc) is 2.82. The molecule has 0 aliphatic carbocycles. The largest absolute Gasteiger partial charge is 0.379 e. The Morgan fingerprint density at radius 1 is 1.28 bits per heavy atom. The summed E-state index contributed by atoms with van der Waals surface area (Å²) in [6, 6.07) is 0.266. The lowest BCUT2D eigenvalue weighted by Crippen LogP contribution is -2.26. The molecule has 0 aliphatic rings. The van der Waals surface area contributed by atoms with Gasteiger partial charge >= 0.3 is 0 Å². The SMILES string of the molecule is CCCNC(COCCC)c1cnn(CCC)c1. The van der Waals surface area contributed by atoms with E-state index < -0.39 is 0 Å². The molecule has 0 fully saturated rings. The quantitative estimate of drug-likeness (QED) is 0.652. The Kier molecular flexibility index (Phi) is 7.69. The molecule has 0 aliphatic heterocycles. The number of nitrogens with one attached hydrogen (secondary N) is 1. The zero-order chi connectivity index (χ0) is 13.2. The van der Waals surface area contributed by atoms with Crippen molar-refractivity contribution in [1.82, 2.24) is 15.1 Å². The van der Waals surface area contributed by atoms with Crippen LogP contribution in [0.25, 0.3) is 0 Å². The molecule has 1 rings (SSSR count). The standard InChI is InChI=1S/C14H27N3O/c1-4-7-15-14(12-18-9-6-3)13-10-16-17(11-13)8-5-2/h10-11,14-15H,4-9,12H2,1-3H3. The van der Waals surface area contributed by atoms with Gasteiger partial charge in [-0.25, -0.2) is 0 Å². The summed E-state index contributed by atoms with van der Waals surface area (Å²) in [7, 11) is 0. The number of nitrogens with zero attached hydrogens (tertiary/aromatic N) is 2. The molecule has 1 aromatic rings. The van der Waals surface area contributed by atoms with E-state index in [2.05, 4.69) is 37.4 Å². The highest BCUT2D eigenvalue weighted by Gasteiger charge is 2.12. The van der Waals surface area contributed by atoms with E-state index in [-0.39, 0.29) is 6.04 Å². The molecule has 1 aromatic heterocycles. The van der Waals surface area contributed by atoms with Gasteiger partial charge in [0.2, 0.25) is 0 Å². The van der Waals surface area contributed by atoms with E-state index in [0.29, 0.717) is 0 Å². The molecule has 1 unspecified atom stereocenters. The van der Waals surface area contributed by atoms with Crippen molar-refractivity contribution >= 4 is 0 Å². The van der Waals surface area contributed by atoms with E-state index in [1.54, 1.807) is 0 Å². The summed E-state index contributed by atoms with van der Waals surface area (Å²) >= 11 is 0. The molecule has 0 bridgehead atoms. The third kappa shape index (κ3) is 5.19. The first-order valence-electron chi connectivity index (χ1n) is 7.15. The molecule has 104 valence electrons. The van der Waals surface area contributed by atoms with Crippen LogP contribution in [0.15, 0.2) is 12.4 Å². The second kappa shape index (κ2) is 9.11. The van der Waals surface area contributed by atoms with Gasteiger partial charge in [0.25, 0.3) is 0 Å². The van der Waals surface area contributed by atoms with Crippen molar-refractivity contribution in [3.63, 3.8) is 0 Å². The van der Waals surface area contributed by atoms with Gasteiger partial charge in [0.05, 0.1) is 18.8 Å². The molecule has 18 heavy (non-hydrogen) atoms. The molecule has 1 N–H and O–H groups in total. The molecular weight excluding hydrogens is 226 g/mol. The van der Waals surface area contributed by atoms with Crippen LogP contribution in [0.2, 0.25) is 0 Å². The van der Waals surface area contributed by atoms with Crippen LogP contribution < -0.4 is 5.32 Å². The van der Waals surface area contributed by atoms with Crippen molar-refractivity contribution < 1.29 is 4.74 Å². The Hall–Kier alpha value is -0.870. The van der Waals surface area contributed by atoms with Crippen molar-refractivity contribution in [3.05, 3.63) is 18.0 Å². The van der Waals surface area contributed by atoms with E-state index in [4.69, 9.17) is 4.74 Å². The zero-order valence-electron chi connectivity index (χ0n) is 12.0. The molecule has 1 atom stereocenters. The van der Waals surface area contributed by atoms with Crippen molar-refractivity contribution in [1.29, 1.82) is 0 Å². The molecule has 0 radical (unpaired) electrons.